The van der Waals surface area contributed by atoms with E-state index in [0.717, 1.165) is 38.3 Å². The molecule has 0 heterocycles. The fourth-order valence-corrected chi connectivity index (χ4v) is 2.66. The first-order chi connectivity index (χ1) is 9.08. The van der Waals surface area contributed by atoms with Crippen molar-refractivity contribution in [2.45, 2.75) is 44.8 Å². The Morgan fingerprint density at radius 2 is 1.95 bits per heavy atom. The fraction of sp³-hybridized carbons (Fsp3) is 0.600. The van der Waals surface area contributed by atoms with Crippen molar-refractivity contribution in [1.82, 2.24) is 5.32 Å². The van der Waals surface area contributed by atoms with Gasteiger partial charge in [0.25, 0.3) is 0 Å². The minimum atomic E-state index is -0.799. The summed E-state index contributed by atoms with van der Waals surface area (Å²) in [5.41, 5.74) is 0.371. The number of rotatable bonds is 4. The predicted octanol–water partition coefficient (Wildman–Crippen LogP) is 3.17. The van der Waals surface area contributed by atoms with E-state index in [9.17, 15) is 13.9 Å². The summed E-state index contributed by atoms with van der Waals surface area (Å²) < 4.78 is 26.8. The molecule has 1 aromatic rings. The fourth-order valence-electron chi connectivity index (χ4n) is 2.66. The van der Waals surface area contributed by atoms with Gasteiger partial charge in [-0.1, -0.05) is 12.1 Å². The lowest BCUT2D eigenvalue weighted by Gasteiger charge is -2.27. The molecule has 0 amide bonds. The molecule has 0 aromatic heterocycles. The molecule has 19 heavy (non-hydrogen) atoms. The summed E-state index contributed by atoms with van der Waals surface area (Å²) >= 11 is 0. The van der Waals surface area contributed by atoms with Crippen molar-refractivity contribution >= 4 is 0 Å². The van der Waals surface area contributed by atoms with Crippen molar-refractivity contribution in [3.8, 4) is 0 Å². The van der Waals surface area contributed by atoms with Gasteiger partial charge in [0, 0.05) is 11.6 Å². The maximum atomic E-state index is 13.6. The van der Waals surface area contributed by atoms with E-state index in [4.69, 9.17) is 0 Å². The van der Waals surface area contributed by atoms with E-state index in [1.807, 2.05) is 6.92 Å². The number of hydrogen-bond donors (Lipinski definition) is 2. The van der Waals surface area contributed by atoms with Crippen LogP contribution >= 0.6 is 0 Å². The Morgan fingerprint density at radius 1 is 1.26 bits per heavy atom. The number of nitrogens with one attached hydrogen (secondary N) is 1. The molecule has 4 heteroatoms. The van der Waals surface area contributed by atoms with Crippen LogP contribution in [-0.2, 0) is 0 Å². The van der Waals surface area contributed by atoms with Gasteiger partial charge in [-0.25, -0.2) is 8.78 Å². The molecule has 1 aliphatic carbocycles. The Morgan fingerprint density at radius 3 is 2.63 bits per heavy atom. The van der Waals surface area contributed by atoms with Crippen molar-refractivity contribution < 1.29 is 13.9 Å². The first kappa shape index (κ1) is 14.4. The summed E-state index contributed by atoms with van der Waals surface area (Å²) in [7, 11) is 0. The van der Waals surface area contributed by atoms with Gasteiger partial charge in [-0.15, -0.1) is 0 Å². The lowest BCUT2D eigenvalue weighted by Crippen LogP contribution is -2.30. The van der Waals surface area contributed by atoms with E-state index in [-0.39, 0.29) is 12.1 Å². The van der Waals surface area contributed by atoms with Gasteiger partial charge >= 0.3 is 0 Å². The van der Waals surface area contributed by atoms with E-state index in [1.165, 1.54) is 6.07 Å². The highest BCUT2D eigenvalue weighted by Gasteiger charge is 2.20. The average Bonchev–Trinajstić information content (AvgIpc) is 2.41. The third-order valence-corrected chi connectivity index (χ3v) is 3.98. The second-order valence-corrected chi connectivity index (χ2v) is 5.45. The van der Waals surface area contributed by atoms with E-state index >= 15 is 0 Å². The zero-order chi connectivity index (χ0) is 13.8. The van der Waals surface area contributed by atoms with Crippen molar-refractivity contribution in [1.29, 1.82) is 0 Å². The van der Waals surface area contributed by atoms with Gasteiger partial charge in [-0.2, -0.15) is 0 Å². The minimum Gasteiger partial charge on any atom is -0.393 e. The molecule has 1 saturated carbocycles. The summed E-state index contributed by atoms with van der Waals surface area (Å²) in [4.78, 5) is 0. The van der Waals surface area contributed by atoms with E-state index in [2.05, 4.69) is 5.32 Å². The molecule has 0 radical (unpaired) electrons. The molecule has 1 aliphatic rings. The number of aliphatic hydroxyl groups excluding tert-OH is 1. The van der Waals surface area contributed by atoms with Crippen molar-refractivity contribution in [2.75, 3.05) is 6.54 Å². The number of benzene rings is 1. The highest BCUT2D eigenvalue weighted by molar-refractivity contribution is 5.21. The van der Waals surface area contributed by atoms with Gasteiger partial charge in [-0.05, 0) is 51.1 Å². The molecule has 2 rings (SSSR count). The maximum absolute atomic E-state index is 13.6. The Balaban J connectivity index is 1.87. The Kier molecular flexibility index (Phi) is 4.88. The minimum absolute atomic E-state index is 0.158. The van der Waals surface area contributed by atoms with Crippen molar-refractivity contribution in [3.63, 3.8) is 0 Å². The molecule has 106 valence electrons. The maximum Gasteiger partial charge on any atom is 0.163 e. The van der Waals surface area contributed by atoms with Gasteiger partial charge in [0.2, 0.25) is 0 Å². The Labute approximate surface area is 112 Å². The van der Waals surface area contributed by atoms with Crippen LogP contribution in [0.25, 0.3) is 0 Å². The first-order valence-electron chi connectivity index (χ1n) is 6.93. The molecule has 2 N–H and O–H groups in total. The highest BCUT2D eigenvalue weighted by atomic mass is 19.2. The Bertz CT molecular complexity index is 417. The molecule has 0 aliphatic heterocycles. The van der Waals surface area contributed by atoms with Gasteiger partial charge in [0.15, 0.2) is 11.6 Å². The normalized spacial score (nSPS) is 25.3. The number of hydrogen-bond acceptors (Lipinski definition) is 2. The molecule has 0 bridgehead atoms. The van der Waals surface area contributed by atoms with E-state index < -0.39 is 11.6 Å². The quantitative estimate of drug-likeness (QED) is 0.880. The largest absolute Gasteiger partial charge is 0.393 e. The van der Waals surface area contributed by atoms with Crippen LogP contribution in [0.1, 0.15) is 44.2 Å². The first-order valence-corrected chi connectivity index (χ1v) is 6.93. The second-order valence-electron chi connectivity index (χ2n) is 5.45. The third-order valence-electron chi connectivity index (χ3n) is 3.98. The average molecular weight is 269 g/mol. The van der Waals surface area contributed by atoms with Gasteiger partial charge < -0.3 is 10.4 Å². The summed E-state index contributed by atoms with van der Waals surface area (Å²) in [6.07, 6.45) is 3.51. The summed E-state index contributed by atoms with van der Waals surface area (Å²) in [5.74, 6) is -1.05. The smallest absolute Gasteiger partial charge is 0.163 e. The van der Waals surface area contributed by atoms with E-state index in [1.54, 1.807) is 6.07 Å². The number of halogens is 2. The standard InChI is InChI=1S/C15H21F2NO/c1-10(13-3-2-4-14(16)15(13)17)18-9-11-5-7-12(19)8-6-11/h2-4,10-12,18-19H,5-9H2,1H3. The van der Waals surface area contributed by atoms with Gasteiger partial charge in [-0.3, -0.25) is 0 Å². The van der Waals surface area contributed by atoms with Gasteiger partial charge in [0.05, 0.1) is 6.10 Å². The van der Waals surface area contributed by atoms with Crippen molar-refractivity contribution in [2.24, 2.45) is 5.92 Å². The highest BCUT2D eigenvalue weighted by Crippen LogP contribution is 2.25. The van der Waals surface area contributed by atoms with Crippen LogP contribution in [-0.4, -0.2) is 17.8 Å². The molecule has 0 spiro atoms. The van der Waals surface area contributed by atoms with Crippen LogP contribution < -0.4 is 5.32 Å². The zero-order valence-electron chi connectivity index (χ0n) is 11.2. The predicted molar refractivity (Wildman–Crippen MR) is 70.7 cm³/mol. The van der Waals surface area contributed by atoms with Gasteiger partial charge in [0.1, 0.15) is 0 Å². The SMILES string of the molecule is CC(NCC1CCC(O)CC1)c1cccc(F)c1F. The molecule has 1 fully saturated rings. The summed E-state index contributed by atoms with van der Waals surface area (Å²) in [6.45, 7) is 2.62. The zero-order valence-corrected chi connectivity index (χ0v) is 11.2. The van der Waals surface area contributed by atoms with Crippen molar-refractivity contribution in [3.05, 3.63) is 35.4 Å². The van der Waals surface area contributed by atoms with Crippen LogP contribution in [0.3, 0.4) is 0 Å². The molecule has 2 nitrogen and oxygen atoms in total. The summed E-state index contributed by atoms with van der Waals surface area (Å²) in [5, 5.41) is 12.7. The molecule has 1 atom stereocenters. The molecular weight excluding hydrogens is 248 g/mol. The third kappa shape index (κ3) is 3.74. The summed E-state index contributed by atoms with van der Waals surface area (Å²) in [6, 6.07) is 4.07. The second kappa shape index (κ2) is 6.44. The van der Waals surface area contributed by atoms with Crippen LogP contribution in [0.15, 0.2) is 18.2 Å². The van der Waals surface area contributed by atoms with Crippen LogP contribution in [0.2, 0.25) is 0 Å². The van der Waals surface area contributed by atoms with Crippen LogP contribution in [0, 0.1) is 17.6 Å². The lowest BCUT2D eigenvalue weighted by molar-refractivity contribution is 0.107. The van der Waals surface area contributed by atoms with Crippen LogP contribution in [0.4, 0.5) is 8.78 Å². The lowest BCUT2D eigenvalue weighted by atomic mass is 9.87. The number of aliphatic hydroxyl groups is 1. The topological polar surface area (TPSA) is 32.3 Å². The monoisotopic (exact) mass is 269 g/mol. The Hall–Kier alpha value is -1.00. The molecule has 1 aromatic carbocycles. The molecule has 1 unspecified atom stereocenters. The molecular formula is C15H21F2NO. The molecule has 0 saturated heterocycles. The van der Waals surface area contributed by atoms with Crippen LogP contribution in [0.5, 0.6) is 0 Å². The van der Waals surface area contributed by atoms with E-state index in [0.29, 0.717) is 11.5 Å².